The number of rotatable bonds is 3. The van der Waals surface area contributed by atoms with Gasteiger partial charge in [-0.15, -0.1) is 0 Å². The molecule has 0 saturated carbocycles. The van der Waals surface area contributed by atoms with E-state index in [4.69, 9.17) is 16.9 Å². The number of piperazine rings is 1. The molecule has 0 unspecified atom stereocenters. The smallest absolute Gasteiger partial charge is 0.243 e. The average Bonchev–Trinajstić information content (AvgIpc) is 2.62. The molecule has 1 aliphatic heterocycles. The fraction of sp³-hybridized carbons (Fsp3) is 0.235. The van der Waals surface area contributed by atoms with Gasteiger partial charge in [0, 0.05) is 36.9 Å². The Hall–Kier alpha value is -2.07. The number of nitrogens with zero attached hydrogens (tertiary/aromatic N) is 3. The molecule has 0 bridgehead atoms. The summed E-state index contributed by atoms with van der Waals surface area (Å²) in [5, 5.41) is 9.50. The molecule has 0 radical (unpaired) electrons. The van der Waals surface area contributed by atoms with Crippen LogP contribution in [0, 0.1) is 11.3 Å². The van der Waals surface area contributed by atoms with Gasteiger partial charge in [-0.2, -0.15) is 9.57 Å². The summed E-state index contributed by atoms with van der Waals surface area (Å²) < 4.78 is 26.8. The summed E-state index contributed by atoms with van der Waals surface area (Å²) in [7, 11) is -3.50. The highest BCUT2D eigenvalue weighted by Crippen LogP contribution is 2.22. The second-order valence-electron chi connectivity index (χ2n) is 5.51. The number of anilines is 1. The Morgan fingerprint density at radius 1 is 1.00 bits per heavy atom. The fourth-order valence-corrected chi connectivity index (χ4v) is 4.26. The van der Waals surface area contributed by atoms with E-state index in [-0.39, 0.29) is 4.90 Å². The zero-order chi connectivity index (χ0) is 17.2. The molecule has 2 aromatic rings. The standard InChI is InChI=1S/C17H16ClN3O2S/c18-15-4-6-17(7-5-15)24(22,23)21-10-8-20(9-11-21)16-3-1-2-14(12-16)13-19/h1-7,12H,8-11H2. The maximum atomic E-state index is 12.7. The van der Waals surface area contributed by atoms with Gasteiger partial charge in [0.05, 0.1) is 16.5 Å². The van der Waals surface area contributed by atoms with E-state index in [9.17, 15) is 8.42 Å². The molecule has 0 aromatic heterocycles. The zero-order valence-electron chi connectivity index (χ0n) is 12.9. The van der Waals surface area contributed by atoms with Crippen molar-refractivity contribution in [2.45, 2.75) is 4.90 Å². The van der Waals surface area contributed by atoms with Crippen molar-refractivity contribution in [2.24, 2.45) is 0 Å². The molecule has 7 heteroatoms. The van der Waals surface area contributed by atoms with E-state index >= 15 is 0 Å². The molecule has 0 aliphatic carbocycles. The van der Waals surface area contributed by atoms with Crippen molar-refractivity contribution in [3.63, 3.8) is 0 Å². The first-order valence-corrected chi connectivity index (χ1v) is 9.33. The highest BCUT2D eigenvalue weighted by atomic mass is 35.5. The van der Waals surface area contributed by atoms with E-state index in [2.05, 4.69) is 11.0 Å². The van der Waals surface area contributed by atoms with Crippen LogP contribution in [0.5, 0.6) is 0 Å². The lowest BCUT2D eigenvalue weighted by molar-refractivity contribution is 0.385. The van der Waals surface area contributed by atoms with Gasteiger partial charge in [-0.3, -0.25) is 0 Å². The van der Waals surface area contributed by atoms with Crippen molar-refractivity contribution in [3.05, 3.63) is 59.1 Å². The largest absolute Gasteiger partial charge is 0.369 e. The van der Waals surface area contributed by atoms with Crippen LogP contribution in [0.4, 0.5) is 5.69 Å². The van der Waals surface area contributed by atoms with E-state index in [0.29, 0.717) is 36.8 Å². The number of benzene rings is 2. The second-order valence-corrected chi connectivity index (χ2v) is 7.88. The molecule has 5 nitrogen and oxygen atoms in total. The van der Waals surface area contributed by atoms with E-state index in [1.165, 1.54) is 16.4 Å². The molecular weight excluding hydrogens is 346 g/mol. The third-order valence-corrected chi connectivity index (χ3v) is 6.20. The molecule has 0 N–H and O–H groups in total. The van der Waals surface area contributed by atoms with Crippen LogP contribution >= 0.6 is 11.6 Å². The molecule has 1 heterocycles. The topological polar surface area (TPSA) is 64.4 Å². The highest BCUT2D eigenvalue weighted by Gasteiger charge is 2.28. The minimum atomic E-state index is -3.50. The lowest BCUT2D eigenvalue weighted by atomic mass is 10.2. The van der Waals surface area contributed by atoms with Gasteiger partial charge < -0.3 is 4.90 Å². The predicted octanol–water partition coefficient (Wildman–Crippen LogP) is 2.72. The summed E-state index contributed by atoms with van der Waals surface area (Å²) in [4.78, 5) is 2.35. The van der Waals surface area contributed by atoms with Gasteiger partial charge in [0.15, 0.2) is 0 Å². The van der Waals surface area contributed by atoms with Gasteiger partial charge in [-0.25, -0.2) is 8.42 Å². The van der Waals surface area contributed by atoms with Crippen LogP contribution < -0.4 is 4.90 Å². The van der Waals surface area contributed by atoms with Gasteiger partial charge in [-0.1, -0.05) is 17.7 Å². The minimum absolute atomic E-state index is 0.256. The fourth-order valence-electron chi connectivity index (χ4n) is 2.71. The van der Waals surface area contributed by atoms with Crippen molar-refractivity contribution in [1.82, 2.24) is 4.31 Å². The molecule has 0 spiro atoms. The molecule has 1 fully saturated rings. The number of sulfonamides is 1. The van der Waals surface area contributed by atoms with Crippen LogP contribution in [0.25, 0.3) is 0 Å². The number of hydrogen-bond acceptors (Lipinski definition) is 4. The van der Waals surface area contributed by atoms with E-state index < -0.39 is 10.0 Å². The van der Waals surface area contributed by atoms with Crippen LogP contribution in [-0.4, -0.2) is 38.9 Å². The van der Waals surface area contributed by atoms with Gasteiger partial charge >= 0.3 is 0 Å². The molecule has 3 rings (SSSR count). The second kappa shape index (κ2) is 6.81. The Labute approximate surface area is 146 Å². The van der Waals surface area contributed by atoms with Crippen molar-refractivity contribution in [1.29, 1.82) is 5.26 Å². The minimum Gasteiger partial charge on any atom is -0.369 e. The van der Waals surface area contributed by atoms with Crippen molar-refractivity contribution in [2.75, 3.05) is 31.1 Å². The Morgan fingerprint density at radius 2 is 1.67 bits per heavy atom. The third kappa shape index (κ3) is 3.39. The molecular formula is C17H16ClN3O2S. The first kappa shape index (κ1) is 16.8. The van der Waals surface area contributed by atoms with E-state index in [0.717, 1.165) is 5.69 Å². The highest BCUT2D eigenvalue weighted by molar-refractivity contribution is 7.89. The van der Waals surface area contributed by atoms with Crippen molar-refractivity contribution in [3.8, 4) is 6.07 Å². The van der Waals surface area contributed by atoms with Gasteiger partial charge in [-0.05, 0) is 42.5 Å². The third-order valence-electron chi connectivity index (χ3n) is 4.03. The van der Waals surface area contributed by atoms with Crippen molar-refractivity contribution >= 4 is 27.3 Å². The molecule has 1 saturated heterocycles. The maximum Gasteiger partial charge on any atom is 0.243 e. The summed E-state index contributed by atoms with van der Waals surface area (Å²) in [5.41, 5.74) is 1.54. The number of nitriles is 1. The molecule has 0 amide bonds. The first-order valence-electron chi connectivity index (χ1n) is 7.51. The summed E-state index contributed by atoms with van der Waals surface area (Å²) in [6.07, 6.45) is 0. The number of halogens is 1. The Morgan fingerprint density at radius 3 is 2.29 bits per heavy atom. The summed E-state index contributed by atoms with van der Waals surface area (Å²) in [5.74, 6) is 0. The van der Waals surface area contributed by atoms with Gasteiger partial charge in [0.25, 0.3) is 0 Å². The van der Waals surface area contributed by atoms with E-state index in [1.54, 1.807) is 18.2 Å². The Kier molecular flexibility index (Phi) is 4.76. The van der Waals surface area contributed by atoms with Crippen molar-refractivity contribution < 1.29 is 8.42 Å². The summed E-state index contributed by atoms with van der Waals surface area (Å²) >= 11 is 5.82. The van der Waals surface area contributed by atoms with Crippen LogP contribution in [0.15, 0.2) is 53.4 Å². The lowest BCUT2D eigenvalue weighted by Crippen LogP contribution is -2.48. The predicted molar refractivity (Wildman–Crippen MR) is 93.6 cm³/mol. The molecule has 2 aromatic carbocycles. The Bertz CT molecular complexity index is 867. The van der Waals surface area contributed by atoms with Crippen LogP contribution in [0.2, 0.25) is 5.02 Å². The maximum absolute atomic E-state index is 12.7. The van der Waals surface area contributed by atoms with E-state index in [1.807, 2.05) is 18.2 Å². The van der Waals surface area contributed by atoms with Gasteiger partial charge in [0.1, 0.15) is 0 Å². The Balaban J connectivity index is 1.72. The monoisotopic (exact) mass is 361 g/mol. The average molecular weight is 362 g/mol. The summed E-state index contributed by atoms with van der Waals surface area (Å²) in [6, 6.07) is 15.7. The molecule has 124 valence electrons. The van der Waals surface area contributed by atoms with Crippen LogP contribution in [-0.2, 0) is 10.0 Å². The lowest BCUT2D eigenvalue weighted by Gasteiger charge is -2.35. The summed E-state index contributed by atoms with van der Waals surface area (Å²) in [6.45, 7) is 1.98. The van der Waals surface area contributed by atoms with Crippen LogP contribution in [0.1, 0.15) is 5.56 Å². The number of hydrogen-bond donors (Lipinski definition) is 0. The molecule has 24 heavy (non-hydrogen) atoms. The molecule has 1 aliphatic rings. The molecule has 0 atom stereocenters. The van der Waals surface area contributed by atoms with Crippen LogP contribution in [0.3, 0.4) is 0 Å². The first-order chi connectivity index (χ1) is 11.5. The van der Waals surface area contributed by atoms with Gasteiger partial charge in [0.2, 0.25) is 10.0 Å². The normalized spacial score (nSPS) is 15.9. The SMILES string of the molecule is N#Cc1cccc(N2CCN(S(=O)(=O)c3ccc(Cl)cc3)CC2)c1. The zero-order valence-corrected chi connectivity index (χ0v) is 14.5. The quantitative estimate of drug-likeness (QED) is 0.843.